The minimum absolute atomic E-state index is 0.318. The summed E-state index contributed by atoms with van der Waals surface area (Å²) >= 11 is 5.85. The molecular formula is C14H14ClN5O2. The zero-order valence-corrected chi connectivity index (χ0v) is 12.8. The first-order chi connectivity index (χ1) is 10.5. The Morgan fingerprint density at radius 3 is 3.05 bits per heavy atom. The lowest BCUT2D eigenvalue weighted by Gasteiger charge is -2.08. The van der Waals surface area contributed by atoms with Crippen molar-refractivity contribution in [1.29, 1.82) is 0 Å². The fourth-order valence-electron chi connectivity index (χ4n) is 2.05. The Morgan fingerprint density at radius 1 is 1.55 bits per heavy atom. The van der Waals surface area contributed by atoms with E-state index < -0.39 is 6.10 Å². The first-order valence-corrected chi connectivity index (χ1v) is 7.06. The fraction of sp³-hybridized carbons (Fsp3) is 0.286. The van der Waals surface area contributed by atoms with Crippen molar-refractivity contribution >= 4 is 29.0 Å². The summed E-state index contributed by atoms with van der Waals surface area (Å²) < 4.78 is 1.89. The van der Waals surface area contributed by atoms with Crippen molar-refractivity contribution in [2.24, 2.45) is 12.2 Å². The molecule has 1 amide bonds. The molecule has 3 rings (SSSR count). The second-order valence-electron chi connectivity index (χ2n) is 4.97. The lowest BCUT2D eigenvalue weighted by molar-refractivity contribution is -0.125. The van der Waals surface area contributed by atoms with Crippen LogP contribution < -0.4 is 5.32 Å². The van der Waals surface area contributed by atoms with Crippen LogP contribution in [0, 0.1) is 6.92 Å². The summed E-state index contributed by atoms with van der Waals surface area (Å²) in [6, 6.07) is 3.20. The highest BCUT2D eigenvalue weighted by molar-refractivity contribution is 6.30. The summed E-state index contributed by atoms with van der Waals surface area (Å²) in [5.41, 5.74) is 1.37. The highest BCUT2D eigenvalue weighted by atomic mass is 35.5. The van der Waals surface area contributed by atoms with E-state index in [1.807, 2.05) is 24.7 Å². The number of carbonyl (C=O) groups is 1. The molecule has 1 N–H and O–H groups in total. The Hall–Kier alpha value is -2.41. The van der Waals surface area contributed by atoms with E-state index in [0.29, 0.717) is 23.0 Å². The minimum atomic E-state index is -0.696. The van der Waals surface area contributed by atoms with Gasteiger partial charge >= 0.3 is 0 Å². The van der Waals surface area contributed by atoms with Crippen LogP contribution in [0.5, 0.6) is 0 Å². The van der Waals surface area contributed by atoms with Gasteiger partial charge in [-0.2, -0.15) is 0 Å². The number of anilines is 1. The van der Waals surface area contributed by atoms with Crippen molar-refractivity contribution in [1.82, 2.24) is 14.5 Å². The molecule has 1 unspecified atom stereocenters. The normalized spacial score (nSPS) is 17.0. The molecule has 8 heteroatoms. The van der Waals surface area contributed by atoms with E-state index >= 15 is 0 Å². The number of aryl methyl sites for hydroxylation is 2. The molecule has 22 heavy (non-hydrogen) atoms. The average molecular weight is 320 g/mol. The van der Waals surface area contributed by atoms with E-state index in [9.17, 15) is 4.79 Å². The van der Waals surface area contributed by atoms with Gasteiger partial charge < -0.3 is 14.7 Å². The molecule has 1 aliphatic rings. The number of carbonyl (C=O) groups excluding carboxylic acids is 1. The van der Waals surface area contributed by atoms with Gasteiger partial charge in [-0.05, 0) is 19.1 Å². The van der Waals surface area contributed by atoms with Gasteiger partial charge in [0.15, 0.2) is 0 Å². The summed E-state index contributed by atoms with van der Waals surface area (Å²) in [5.74, 6) is 0.929. The fourth-order valence-corrected chi connectivity index (χ4v) is 2.21. The molecule has 0 spiro atoms. The number of imidazole rings is 1. The lowest BCUT2D eigenvalue weighted by atomic mass is 10.1. The third kappa shape index (κ3) is 2.94. The van der Waals surface area contributed by atoms with Gasteiger partial charge in [0.2, 0.25) is 6.10 Å². The van der Waals surface area contributed by atoms with Crippen LogP contribution >= 0.6 is 11.6 Å². The molecule has 0 radical (unpaired) electrons. The second kappa shape index (κ2) is 5.76. The van der Waals surface area contributed by atoms with Crippen LogP contribution in [0.1, 0.15) is 17.9 Å². The van der Waals surface area contributed by atoms with Crippen molar-refractivity contribution in [3.05, 3.63) is 41.1 Å². The number of hydrogen-bond acceptors (Lipinski definition) is 5. The lowest BCUT2D eigenvalue weighted by Crippen LogP contribution is -2.28. The Labute approximate surface area is 132 Å². The number of halogens is 1. The molecule has 0 fully saturated rings. The van der Waals surface area contributed by atoms with E-state index in [-0.39, 0.29) is 5.91 Å². The average Bonchev–Trinajstić information content (AvgIpc) is 3.07. The first-order valence-electron chi connectivity index (χ1n) is 6.68. The monoisotopic (exact) mass is 319 g/mol. The van der Waals surface area contributed by atoms with Crippen LogP contribution in [0.25, 0.3) is 0 Å². The van der Waals surface area contributed by atoms with E-state index in [4.69, 9.17) is 16.4 Å². The third-order valence-electron chi connectivity index (χ3n) is 3.34. The highest BCUT2D eigenvalue weighted by Crippen LogP contribution is 2.18. The topological polar surface area (TPSA) is 81.4 Å². The van der Waals surface area contributed by atoms with Crippen molar-refractivity contribution in [3.63, 3.8) is 0 Å². The predicted octanol–water partition coefficient (Wildman–Crippen LogP) is 1.91. The maximum atomic E-state index is 12.2. The standard InChI is InChI=1S/C14H14ClN5O2/c1-8-17-11(7-20(8)2)10-6-12(22-19-10)14(21)18-13-5-9(15)3-4-16-13/h3-5,7,12H,6H2,1-2H3,(H,16,18,21). The van der Waals surface area contributed by atoms with Crippen LogP contribution in [0.4, 0.5) is 5.82 Å². The zero-order valence-electron chi connectivity index (χ0n) is 12.1. The van der Waals surface area contributed by atoms with Gasteiger partial charge in [0, 0.05) is 30.9 Å². The molecule has 114 valence electrons. The van der Waals surface area contributed by atoms with Crippen LogP contribution in [0.3, 0.4) is 0 Å². The van der Waals surface area contributed by atoms with Crippen molar-refractivity contribution in [2.75, 3.05) is 5.32 Å². The molecule has 1 aliphatic heterocycles. The van der Waals surface area contributed by atoms with Gasteiger partial charge in [-0.1, -0.05) is 16.8 Å². The van der Waals surface area contributed by atoms with Gasteiger partial charge in [-0.3, -0.25) is 4.79 Å². The number of nitrogens with one attached hydrogen (secondary N) is 1. The van der Waals surface area contributed by atoms with Crippen LogP contribution in [-0.2, 0) is 16.7 Å². The third-order valence-corrected chi connectivity index (χ3v) is 3.57. The molecule has 2 aromatic rings. The van der Waals surface area contributed by atoms with Gasteiger partial charge in [0.05, 0.1) is 0 Å². The number of hydrogen-bond donors (Lipinski definition) is 1. The maximum Gasteiger partial charge on any atom is 0.269 e. The molecule has 2 aromatic heterocycles. The van der Waals surface area contributed by atoms with Crippen LogP contribution in [0.2, 0.25) is 5.02 Å². The van der Waals surface area contributed by atoms with E-state index in [1.54, 1.807) is 12.1 Å². The Balaban J connectivity index is 1.65. The van der Waals surface area contributed by atoms with E-state index in [2.05, 4.69) is 20.4 Å². The van der Waals surface area contributed by atoms with Crippen molar-refractivity contribution < 1.29 is 9.63 Å². The molecule has 0 aromatic carbocycles. The van der Waals surface area contributed by atoms with Crippen LogP contribution in [0.15, 0.2) is 29.7 Å². The van der Waals surface area contributed by atoms with E-state index in [1.165, 1.54) is 6.20 Å². The Morgan fingerprint density at radius 2 is 2.36 bits per heavy atom. The molecule has 7 nitrogen and oxygen atoms in total. The maximum absolute atomic E-state index is 12.2. The van der Waals surface area contributed by atoms with Gasteiger partial charge in [-0.15, -0.1) is 0 Å². The molecular weight excluding hydrogens is 306 g/mol. The predicted molar refractivity (Wildman–Crippen MR) is 81.8 cm³/mol. The molecule has 0 saturated carbocycles. The number of nitrogens with zero attached hydrogens (tertiary/aromatic N) is 4. The zero-order chi connectivity index (χ0) is 15.7. The molecule has 1 atom stereocenters. The van der Waals surface area contributed by atoms with E-state index in [0.717, 1.165) is 11.5 Å². The minimum Gasteiger partial charge on any atom is -0.382 e. The smallest absolute Gasteiger partial charge is 0.269 e. The van der Waals surface area contributed by atoms with Crippen LogP contribution in [-0.4, -0.2) is 32.3 Å². The number of aromatic nitrogens is 3. The number of pyridine rings is 1. The van der Waals surface area contributed by atoms with Gasteiger partial charge in [0.25, 0.3) is 5.91 Å². The summed E-state index contributed by atoms with van der Waals surface area (Å²) in [6.07, 6.45) is 3.05. The van der Waals surface area contributed by atoms with Gasteiger partial charge in [-0.25, -0.2) is 9.97 Å². The molecule has 3 heterocycles. The Kier molecular flexibility index (Phi) is 3.81. The Bertz CT molecular complexity index is 736. The summed E-state index contributed by atoms with van der Waals surface area (Å²) in [6.45, 7) is 1.90. The summed E-state index contributed by atoms with van der Waals surface area (Å²) in [4.78, 5) is 25.7. The SMILES string of the molecule is Cc1nc(C2=NOC(C(=O)Nc3cc(Cl)ccn3)C2)cn1C. The number of rotatable bonds is 3. The highest BCUT2D eigenvalue weighted by Gasteiger charge is 2.30. The van der Waals surface area contributed by atoms with Crippen molar-refractivity contribution in [3.8, 4) is 0 Å². The summed E-state index contributed by atoms with van der Waals surface area (Å²) in [7, 11) is 1.90. The molecule has 0 aliphatic carbocycles. The summed E-state index contributed by atoms with van der Waals surface area (Å²) in [5, 5.41) is 7.11. The second-order valence-corrected chi connectivity index (χ2v) is 5.41. The quantitative estimate of drug-likeness (QED) is 0.937. The number of oxime groups is 1. The molecule has 0 bridgehead atoms. The van der Waals surface area contributed by atoms with Crippen molar-refractivity contribution in [2.45, 2.75) is 19.4 Å². The molecule has 0 saturated heterocycles. The largest absolute Gasteiger partial charge is 0.382 e. The first kappa shape index (κ1) is 14.5. The number of amides is 1. The van der Waals surface area contributed by atoms with Gasteiger partial charge in [0.1, 0.15) is 23.0 Å².